The average molecular weight is 343 g/mol. The molecule has 0 aliphatic heterocycles. The summed E-state index contributed by atoms with van der Waals surface area (Å²) in [6.45, 7) is 6.24. The molecule has 2 aromatic heterocycles. The van der Waals surface area contributed by atoms with E-state index in [-0.39, 0.29) is 29.7 Å². The number of rotatable bonds is 5. The molecule has 24 heavy (non-hydrogen) atoms. The number of H-pyrrole nitrogens is 1. The number of aliphatic hydroxyl groups is 3. The number of hydrogen-bond donors (Lipinski definition) is 5. The van der Waals surface area contributed by atoms with Crippen molar-refractivity contribution in [2.75, 3.05) is 12.3 Å². The molecule has 2 atom stereocenters. The van der Waals surface area contributed by atoms with E-state index in [1.54, 1.807) is 11.5 Å². The summed E-state index contributed by atoms with van der Waals surface area (Å²) in [5, 5.41) is 25.3. The summed E-state index contributed by atoms with van der Waals surface area (Å²) in [5.74, 6) is -1.47. The van der Waals surface area contributed by atoms with Gasteiger partial charge in [0.1, 0.15) is 6.23 Å². The Morgan fingerprint density at radius 2 is 2.04 bits per heavy atom. The van der Waals surface area contributed by atoms with Gasteiger partial charge in [-0.2, -0.15) is 4.98 Å². The van der Waals surface area contributed by atoms with E-state index in [9.17, 15) is 4.79 Å². The minimum Gasteiger partial charge on any atom is -0.394 e. The number of nitrogens with zero attached hydrogens (tertiary/aromatic N) is 3. The van der Waals surface area contributed by atoms with E-state index in [0.29, 0.717) is 12.1 Å². The summed E-state index contributed by atoms with van der Waals surface area (Å²) >= 11 is 0. The fourth-order valence-electron chi connectivity index (χ4n) is 1.82. The van der Waals surface area contributed by atoms with Crippen LogP contribution in [0.25, 0.3) is 11.2 Å². The van der Waals surface area contributed by atoms with Crippen LogP contribution >= 0.6 is 0 Å². The van der Waals surface area contributed by atoms with E-state index in [1.165, 1.54) is 20.2 Å². The molecular weight excluding hydrogens is 318 g/mol. The van der Waals surface area contributed by atoms with Crippen molar-refractivity contribution in [3.63, 3.8) is 0 Å². The minimum atomic E-state index is -1.50. The van der Waals surface area contributed by atoms with Crippen LogP contribution in [0.15, 0.2) is 11.1 Å². The fraction of sp³-hybridized carbons (Fsp3) is 0.643. The first-order chi connectivity index (χ1) is 11.1. The second-order valence-electron chi connectivity index (χ2n) is 5.72. The highest BCUT2D eigenvalue weighted by molar-refractivity contribution is 5.70. The zero-order chi connectivity index (χ0) is 18.5. The monoisotopic (exact) mass is 343 g/mol. The molecule has 0 fully saturated rings. The second-order valence-corrected chi connectivity index (χ2v) is 5.72. The van der Waals surface area contributed by atoms with E-state index in [2.05, 4.69) is 15.0 Å². The van der Waals surface area contributed by atoms with Crippen molar-refractivity contribution in [1.82, 2.24) is 19.5 Å². The number of nitrogen functional groups attached to an aromatic ring is 1. The highest BCUT2D eigenvalue weighted by Crippen LogP contribution is 2.17. The molecule has 136 valence electrons. The van der Waals surface area contributed by atoms with E-state index >= 15 is 0 Å². The molecule has 0 radical (unpaired) electrons. The zero-order valence-electron chi connectivity index (χ0n) is 14.2. The van der Waals surface area contributed by atoms with E-state index in [4.69, 9.17) is 25.8 Å². The number of fused-ring (bicyclic) bond motifs is 1. The van der Waals surface area contributed by atoms with Crippen molar-refractivity contribution in [1.29, 1.82) is 0 Å². The minimum absolute atomic E-state index is 0.0284. The van der Waals surface area contributed by atoms with Crippen molar-refractivity contribution in [2.24, 2.45) is 0 Å². The van der Waals surface area contributed by atoms with Crippen LogP contribution in [0, 0.1) is 0 Å². The maximum Gasteiger partial charge on any atom is 0.280 e. The number of aromatic amines is 1. The van der Waals surface area contributed by atoms with Gasteiger partial charge in [0, 0.05) is 0 Å². The highest BCUT2D eigenvalue weighted by Gasteiger charge is 2.17. The molecular formula is C14H25N5O5. The van der Waals surface area contributed by atoms with Crippen LogP contribution in [-0.4, -0.2) is 53.3 Å². The molecule has 10 heteroatoms. The molecule has 2 aromatic rings. The Balaban J connectivity index is 0.000000505. The Morgan fingerprint density at radius 1 is 1.46 bits per heavy atom. The summed E-state index contributed by atoms with van der Waals surface area (Å²) in [7, 11) is 0. The van der Waals surface area contributed by atoms with Crippen LogP contribution in [0.3, 0.4) is 0 Å². The Bertz CT molecular complexity index is 696. The van der Waals surface area contributed by atoms with Crippen molar-refractivity contribution in [3.8, 4) is 0 Å². The van der Waals surface area contributed by atoms with Crippen molar-refractivity contribution in [2.45, 2.75) is 52.2 Å². The van der Waals surface area contributed by atoms with Gasteiger partial charge < -0.3 is 25.8 Å². The Hall–Kier alpha value is -2.01. The number of aliphatic hydroxyl groups excluding tert-OH is 1. The summed E-state index contributed by atoms with van der Waals surface area (Å²) in [4.78, 5) is 22.1. The lowest BCUT2D eigenvalue weighted by molar-refractivity contribution is -0.127. The molecule has 0 saturated carbocycles. The maximum absolute atomic E-state index is 11.6. The topological polar surface area (TPSA) is 160 Å². The van der Waals surface area contributed by atoms with E-state index < -0.39 is 12.0 Å². The van der Waals surface area contributed by atoms with E-state index in [1.807, 2.05) is 6.92 Å². The van der Waals surface area contributed by atoms with Gasteiger partial charge in [0.15, 0.2) is 17.0 Å². The summed E-state index contributed by atoms with van der Waals surface area (Å²) < 4.78 is 7.27. The predicted molar refractivity (Wildman–Crippen MR) is 88.0 cm³/mol. The van der Waals surface area contributed by atoms with Crippen molar-refractivity contribution < 1.29 is 20.1 Å². The number of anilines is 1. The van der Waals surface area contributed by atoms with Gasteiger partial charge in [-0.05, 0) is 27.2 Å². The first kappa shape index (κ1) is 20.0. The second kappa shape index (κ2) is 8.20. The number of hydrogen-bond acceptors (Lipinski definition) is 8. The van der Waals surface area contributed by atoms with E-state index in [0.717, 1.165) is 0 Å². The quantitative estimate of drug-likeness (QED) is 0.463. The van der Waals surface area contributed by atoms with Gasteiger partial charge in [0.05, 0.1) is 19.0 Å². The van der Waals surface area contributed by atoms with Gasteiger partial charge in [-0.3, -0.25) is 14.3 Å². The number of ether oxygens (including phenoxy) is 1. The van der Waals surface area contributed by atoms with Gasteiger partial charge in [0.25, 0.3) is 5.56 Å². The Kier molecular flexibility index (Phi) is 6.84. The molecule has 0 amide bonds. The van der Waals surface area contributed by atoms with Crippen LogP contribution in [0.2, 0.25) is 0 Å². The molecule has 2 rings (SSSR count). The molecule has 0 aliphatic rings. The molecule has 6 N–H and O–H groups in total. The summed E-state index contributed by atoms with van der Waals surface area (Å²) in [6, 6.07) is 0. The van der Waals surface area contributed by atoms with Gasteiger partial charge in [-0.15, -0.1) is 0 Å². The van der Waals surface area contributed by atoms with Gasteiger partial charge in [-0.25, -0.2) is 4.98 Å². The molecule has 0 saturated heterocycles. The van der Waals surface area contributed by atoms with Gasteiger partial charge in [0.2, 0.25) is 5.95 Å². The smallest absolute Gasteiger partial charge is 0.280 e. The van der Waals surface area contributed by atoms with Gasteiger partial charge in [-0.1, -0.05) is 6.92 Å². The number of aromatic nitrogens is 4. The normalized spacial score (nSPS) is 14.1. The molecule has 0 aliphatic carbocycles. The molecule has 0 spiro atoms. The first-order valence-corrected chi connectivity index (χ1v) is 7.50. The molecule has 0 bridgehead atoms. The molecule has 0 aromatic carbocycles. The van der Waals surface area contributed by atoms with Crippen molar-refractivity contribution >= 4 is 17.1 Å². The SMILES string of the molecule is CC(C)(O)O.CCC(CO)OC(C)n1cnc2c(=O)[nH]c(N)nc21. The van der Waals surface area contributed by atoms with Gasteiger partial charge >= 0.3 is 0 Å². The lowest BCUT2D eigenvalue weighted by Gasteiger charge is -2.20. The molecule has 2 unspecified atom stereocenters. The molecule has 10 nitrogen and oxygen atoms in total. The lowest BCUT2D eigenvalue weighted by Crippen LogP contribution is -2.22. The highest BCUT2D eigenvalue weighted by atomic mass is 16.5. The third-order valence-electron chi connectivity index (χ3n) is 2.89. The lowest BCUT2D eigenvalue weighted by atomic mass is 10.3. The Labute approximate surface area is 138 Å². The third-order valence-corrected chi connectivity index (χ3v) is 2.89. The Morgan fingerprint density at radius 3 is 2.54 bits per heavy atom. The summed E-state index contributed by atoms with van der Waals surface area (Å²) in [5.41, 5.74) is 5.70. The van der Waals surface area contributed by atoms with Crippen LogP contribution < -0.4 is 11.3 Å². The largest absolute Gasteiger partial charge is 0.394 e. The average Bonchev–Trinajstić information content (AvgIpc) is 2.86. The zero-order valence-corrected chi connectivity index (χ0v) is 14.2. The van der Waals surface area contributed by atoms with Crippen LogP contribution in [-0.2, 0) is 4.74 Å². The number of nitrogens with two attached hydrogens (primary N) is 1. The predicted octanol–water partition coefficient (Wildman–Crippen LogP) is -0.285. The molecule has 2 heterocycles. The van der Waals surface area contributed by atoms with Crippen LogP contribution in [0.1, 0.15) is 40.3 Å². The third kappa shape index (κ3) is 5.89. The van der Waals surface area contributed by atoms with Crippen LogP contribution in [0.4, 0.5) is 5.95 Å². The van der Waals surface area contributed by atoms with Crippen LogP contribution in [0.5, 0.6) is 0 Å². The number of nitrogens with one attached hydrogen (secondary N) is 1. The standard InChI is InChI=1S/C11H17N5O3.C3H8O2/c1-3-7(4-17)19-6(2)16-5-13-8-9(16)14-11(12)15-10(8)18;1-3(2,4)5/h5-7,17H,3-4H2,1-2H3,(H3,12,14,15,18);4-5H,1-2H3. The fourth-order valence-corrected chi connectivity index (χ4v) is 1.82. The van der Waals surface area contributed by atoms with Crippen molar-refractivity contribution in [3.05, 3.63) is 16.7 Å². The maximum atomic E-state index is 11.6. The first-order valence-electron chi connectivity index (χ1n) is 7.50. The summed E-state index contributed by atoms with van der Waals surface area (Å²) in [6.07, 6.45) is 1.48. The number of imidazole rings is 1.